The first-order chi connectivity index (χ1) is 15.6. The van der Waals surface area contributed by atoms with Crippen LogP contribution in [0.15, 0.2) is 66.9 Å². The topological polar surface area (TPSA) is 73.9 Å². The molecule has 1 heterocycles. The summed E-state index contributed by atoms with van der Waals surface area (Å²) in [6.07, 6.45) is -3.67. The van der Waals surface area contributed by atoms with Crippen molar-refractivity contribution in [3.63, 3.8) is 0 Å². The van der Waals surface area contributed by atoms with Crippen LogP contribution in [0.1, 0.15) is 11.1 Å². The molecule has 0 fully saturated rings. The summed E-state index contributed by atoms with van der Waals surface area (Å²) in [5.41, 5.74) is -2.50. The van der Waals surface area contributed by atoms with Gasteiger partial charge in [0.15, 0.2) is 0 Å². The number of alkyl halides is 3. The number of hydrogen-bond acceptors (Lipinski definition) is 4. The van der Waals surface area contributed by atoms with Crippen molar-refractivity contribution in [2.45, 2.75) is 11.8 Å². The zero-order valence-electron chi connectivity index (χ0n) is 16.7. The van der Waals surface area contributed by atoms with Crippen molar-refractivity contribution in [1.29, 1.82) is 5.26 Å². The van der Waals surface area contributed by atoms with Crippen LogP contribution in [0.5, 0.6) is 0 Å². The minimum atomic E-state index is -5.03. The van der Waals surface area contributed by atoms with E-state index in [1.54, 1.807) is 0 Å². The molecule has 0 amide bonds. The summed E-state index contributed by atoms with van der Waals surface area (Å²) in [6, 6.07) is 15.2. The van der Waals surface area contributed by atoms with Crippen molar-refractivity contribution in [3.8, 4) is 11.8 Å². The number of hydrogen-bond donors (Lipinski definition) is 2. The van der Waals surface area contributed by atoms with E-state index in [2.05, 4.69) is 10.4 Å². The molecule has 0 saturated carbocycles. The van der Waals surface area contributed by atoms with Crippen LogP contribution in [0.3, 0.4) is 0 Å². The summed E-state index contributed by atoms with van der Waals surface area (Å²) in [6.45, 7) is -0.940. The maximum Gasteiger partial charge on any atom is 0.423 e. The lowest BCUT2D eigenvalue weighted by molar-refractivity contribution is -0.260. The standard InChI is InChI=1S/C23H15ClF4N4O/c24-17-2-7-20(14(10-17)11-29)30-13-22(33,23(26,27)28)16-1-8-21-15(9-16)12-31-32(21)19-5-3-18(25)4-6-19/h1-10,12,30,33H,13H2. The van der Waals surface area contributed by atoms with Crippen LogP contribution in [0.4, 0.5) is 23.2 Å². The Hall–Kier alpha value is -3.61. The fraction of sp³-hybridized carbons (Fsp3) is 0.130. The highest BCUT2D eigenvalue weighted by Gasteiger charge is 2.55. The number of halogens is 5. The number of aromatic nitrogens is 2. The van der Waals surface area contributed by atoms with Gasteiger partial charge in [0.25, 0.3) is 0 Å². The second-order valence-electron chi connectivity index (χ2n) is 7.32. The molecule has 0 bridgehead atoms. The Kier molecular flexibility index (Phi) is 5.74. The average Bonchev–Trinajstić information content (AvgIpc) is 3.21. The maximum atomic E-state index is 14.0. The Morgan fingerprint density at radius 1 is 1.06 bits per heavy atom. The highest BCUT2D eigenvalue weighted by Crippen LogP contribution is 2.40. The van der Waals surface area contributed by atoms with E-state index in [0.717, 1.165) is 6.07 Å². The van der Waals surface area contributed by atoms with Gasteiger partial charge in [-0.15, -0.1) is 0 Å². The lowest BCUT2D eigenvalue weighted by Gasteiger charge is -2.31. The predicted octanol–water partition coefficient (Wildman–Crippen LogP) is 5.55. The molecule has 33 heavy (non-hydrogen) atoms. The highest BCUT2D eigenvalue weighted by molar-refractivity contribution is 6.30. The fourth-order valence-electron chi connectivity index (χ4n) is 3.43. The molecule has 1 aromatic heterocycles. The Morgan fingerprint density at radius 3 is 2.45 bits per heavy atom. The SMILES string of the molecule is N#Cc1cc(Cl)ccc1NCC(O)(c1ccc2c(cnn2-c2ccc(F)cc2)c1)C(F)(F)F. The number of fused-ring (bicyclic) bond motifs is 1. The maximum absolute atomic E-state index is 14.0. The van der Waals surface area contributed by atoms with Gasteiger partial charge in [0.2, 0.25) is 5.60 Å². The van der Waals surface area contributed by atoms with Gasteiger partial charge in [-0.2, -0.15) is 23.5 Å². The molecule has 1 unspecified atom stereocenters. The summed E-state index contributed by atoms with van der Waals surface area (Å²) in [5, 5.41) is 27.3. The Bertz CT molecular complexity index is 1360. The zero-order chi connectivity index (χ0) is 23.8. The van der Waals surface area contributed by atoms with Crippen LogP contribution in [0.25, 0.3) is 16.6 Å². The van der Waals surface area contributed by atoms with E-state index >= 15 is 0 Å². The summed E-state index contributed by atoms with van der Waals surface area (Å²) in [4.78, 5) is 0. The summed E-state index contributed by atoms with van der Waals surface area (Å²) in [7, 11) is 0. The third kappa shape index (κ3) is 4.23. The molecule has 0 spiro atoms. The molecule has 4 rings (SSSR count). The van der Waals surface area contributed by atoms with E-state index < -0.39 is 29.7 Å². The molecule has 3 aromatic carbocycles. The molecule has 5 nitrogen and oxygen atoms in total. The van der Waals surface area contributed by atoms with E-state index in [4.69, 9.17) is 11.6 Å². The number of nitrogens with zero attached hydrogens (tertiary/aromatic N) is 3. The Labute approximate surface area is 190 Å². The molecular weight excluding hydrogens is 460 g/mol. The van der Waals surface area contributed by atoms with Crippen molar-refractivity contribution in [3.05, 3.63) is 88.8 Å². The van der Waals surface area contributed by atoms with Crippen molar-refractivity contribution in [2.24, 2.45) is 0 Å². The molecule has 0 aliphatic carbocycles. The third-order valence-corrected chi connectivity index (χ3v) is 5.46. The molecule has 4 aromatic rings. The largest absolute Gasteiger partial charge is 0.423 e. The number of anilines is 1. The predicted molar refractivity (Wildman–Crippen MR) is 116 cm³/mol. The van der Waals surface area contributed by atoms with Gasteiger partial charge in [-0.25, -0.2) is 9.07 Å². The third-order valence-electron chi connectivity index (χ3n) is 5.22. The van der Waals surface area contributed by atoms with E-state index in [9.17, 15) is 27.9 Å². The number of aliphatic hydroxyl groups is 1. The molecule has 0 saturated heterocycles. The summed E-state index contributed by atoms with van der Waals surface area (Å²) in [5.74, 6) is -0.430. The molecule has 168 valence electrons. The van der Waals surface area contributed by atoms with Crippen LogP contribution in [0, 0.1) is 17.1 Å². The van der Waals surface area contributed by atoms with E-state index in [1.165, 1.54) is 65.5 Å². The van der Waals surface area contributed by atoms with Crippen LogP contribution in [-0.2, 0) is 5.60 Å². The first-order valence-corrected chi connectivity index (χ1v) is 9.97. The van der Waals surface area contributed by atoms with Crippen molar-refractivity contribution >= 4 is 28.2 Å². The van der Waals surface area contributed by atoms with E-state index in [0.29, 0.717) is 16.6 Å². The number of nitriles is 1. The summed E-state index contributed by atoms with van der Waals surface area (Å²) < 4.78 is 56.7. The number of rotatable bonds is 5. The average molecular weight is 475 g/mol. The second-order valence-corrected chi connectivity index (χ2v) is 7.76. The van der Waals surface area contributed by atoms with Gasteiger partial charge >= 0.3 is 6.18 Å². The van der Waals surface area contributed by atoms with Crippen molar-refractivity contribution in [1.82, 2.24) is 9.78 Å². The normalized spacial score (nSPS) is 13.5. The van der Waals surface area contributed by atoms with Gasteiger partial charge in [-0.05, 0) is 60.2 Å². The van der Waals surface area contributed by atoms with Crippen molar-refractivity contribution in [2.75, 3.05) is 11.9 Å². The fourth-order valence-corrected chi connectivity index (χ4v) is 3.60. The van der Waals surface area contributed by atoms with Crippen LogP contribution >= 0.6 is 11.6 Å². The summed E-state index contributed by atoms with van der Waals surface area (Å²) >= 11 is 5.83. The lowest BCUT2D eigenvalue weighted by atomic mass is 9.91. The molecule has 0 aliphatic rings. The van der Waals surface area contributed by atoms with Crippen molar-refractivity contribution < 1.29 is 22.7 Å². The minimum Gasteiger partial charge on any atom is -0.380 e. The van der Waals surface area contributed by atoms with Gasteiger partial charge in [0.05, 0.1) is 35.2 Å². The van der Waals surface area contributed by atoms with E-state index in [1.807, 2.05) is 6.07 Å². The highest BCUT2D eigenvalue weighted by atomic mass is 35.5. The molecule has 2 N–H and O–H groups in total. The van der Waals surface area contributed by atoms with Crippen LogP contribution < -0.4 is 5.32 Å². The minimum absolute atomic E-state index is 0.0445. The zero-order valence-corrected chi connectivity index (χ0v) is 17.5. The van der Waals surface area contributed by atoms with Gasteiger partial charge in [-0.1, -0.05) is 17.7 Å². The molecule has 0 aliphatic heterocycles. The quantitative estimate of drug-likeness (QED) is 0.372. The van der Waals surface area contributed by atoms with Gasteiger partial charge in [-0.3, -0.25) is 0 Å². The van der Waals surface area contributed by atoms with E-state index in [-0.39, 0.29) is 16.3 Å². The molecule has 10 heteroatoms. The lowest BCUT2D eigenvalue weighted by Crippen LogP contribution is -2.47. The molecular formula is C23H15ClF4N4O. The second kappa shape index (κ2) is 8.39. The molecule has 0 radical (unpaired) electrons. The van der Waals surface area contributed by atoms with Crippen LogP contribution in [0.2, 0.25) is 5.02 Å². The van der Waals surface area contributed by atoms with Gasteiger partial charge < -0.3 is 10.4 Å². The number of benzene rings is 3. The smallest absolute Gasteiger partial charge is 0.380 e. The Balaban J connectivity index is 1.71. The van der Waals surface area contributed by atoms with Crippen LogP contribution in [-0.4, -0.2) is 27.6 Å². The molecule has 1 atom stereocenters. The first-order valence-electron chi connectivity index (χ1n) is 9.59. The van der Waals surface area contributed by atoms with Gasteiger partial charge in [0.1, 0.15) is 11.9 Å². The monoisotopic (exact) mass is 474 g/mol. The first kappa shape index (κ1) is 22.6. The Morgan fingerprint density at radius 2 is 1.79 bits per heavy atom. The number of nitrogens with one attached hydrogen (secondary N) is 1. The van der Waals surface area contributed by atoms with Gasteiger partial charge in [0, 0.05) is 10.4 Å².